The van der Waals surface area contributed by atoms with E-state index in [4.69, 9.17) is 9.98 Å². The third-order valence-corrected chi connectivity index (χ3v) is 9.07. The van der Waals surface area contributed by atoms with Crippen molar-refractivity contribution in [2.24, 2.45) is 4.99 Å². The number of nitrogens with zero attached hydrogens (tertiary/aromatic N) is 2. The van der Waals surface area contributed by atoms with Gasteiger partial charge in [0, 0.05) is 22.9 Å². The third kappa shape index (κ3) is 6.09. The summed E-state index contributed by atoms with van der Waals surface area (Å²) in [5.74, 6) is 0.217. The molecule has 220 valence electrons. The number of aromatic hydroxyl groups is 1. The van der Waals surface area contributed by atoms with Gasteiger partial charge in [0.05, 0.1) is 15.9 Å². The van der Waals surface area contributed by atoms with Crippen molar-refractivity contribution in [3.8, 4) is 38.6 Å². The van der Waals surface area contributed by atoms with Crippen LogP contribution in [0.3, 0.4) is 0 Å². The van der Waals surface area contributed by atoms with Crippen LogP contribution in [0, 0.1) is 0 Å². The highest BCUT2D eigenvalue weighted by atomic mass is 32.1. The molecule has 1 heterocycles. The molecule has 4 heteroatoms. The molecule has 0 unspecified atom stereocenters. The standard InChI is InChI=1S/C40H38N2OS/c1-39(2,3)30-18-16-26(17-19-30)28-23-33(27-12-8-7-9-13-27)37-36(24-28)44-38(42-37)32-14-10-11-15-34(32)41-25-29-22-31(40(4,5)6)20-21-35(29)43/h7-25,43H,1-6H3. The van der Waals surface area contributed by atoms with Gasteiger partial charge in [-0.15, -0.1) is 11.3 Å². The van der Waals surface area contributed by atoms with E-state index in [-0.39, 0.29) is 16.6 Å². The van der Waals surface area contributed by atoms with E-state index in [0.29, 0.717) is 5.56 Å². The predicted molar refractivity (Wildman–Crippen MR) is 189 cm³/mol. The Morgan fingerprint density at radius 1 is 0.636 bits per heavy atom. The van der Waals surface area contributed by atoms with Crippen molar-refractivity contribution in [3.05, 3.63) is 126 Å². The maximum atomic E-state index is 10.6. The lowest BCUT2D eigenvalue weighted by atomic mass is 9.86. The van der Waals surface area contributed by atoms with E-state index in [1.54, 1.807) is 23.6 Å². The highest BCUT2D eigenvalue weighted by Crippen LogP contribution is 2.42. The molecular weight excluding hydrogens is 557 g/mol. The molecule has 1 N–H and O–H groups in total. The van der Waals surface area contributed by atoms with Gasteiger partial charge in [-0.2, -0.15) is 0 Å². The van der Waals surface area contributed by atoms with Gasteiger partial charge in [-0.25, -0.2) is 4.98 Å². The minimum Gasteiger partial charge on any atom is -0.507 e. The van der Waals surface area contributed by atoms with Crippen LogP contribution in [0.5, 0.6) is 5.75 Å². The molecule has 0 atom stereocenters. The fourth-order valence-electron chi connectivity index (χ4n) is 5.34. The first-order chi connectivity index (χ1) is 21.0. The predicted octanol–water partition coefficient (Wildman–Crippen LogP) is 11.3. The molecule has 0 aliphatic carbocycles. The van der Waals surface area contributed by atoms with Crippen LogP contribution >= 0.6 is 11.3 Å². The smallest absolute Gasteiger partial charge is 0.126 e. The minimum atomic E-state index is -0.0286. The highest BCUT2D eigenvalue weighted by molar-refractivity contribution is 7.21. The lowest BCUT2D eigenvalue weighted by Crippen LogP contribution is -2.11. The number of hydrogen-bond acceptors (Lipinski definition) is 4. The molecule has 0 spiro atoms. The van der Waals surface area contributed by atoms with Gasteiger partial charge < -0.3 is 5.11 Å². The highest BCUT2D eigenvalue weighted by Gasteiger charge is 2.18. The van der Waals surface area contributed by atoms with E-state index in [0.717, 1.165) is 43.2 Å². The molecule has 6 rings (SSSR count). The molecule has 0 aliphatic rings. The van der Waals surface area contributed by atoms with Crippen molar-refractivity contribution in [2.75, 3.05) is 0 Å². The van der Waals surface area contributed by atoms with Crippen LogP contribution in [-0.2, 0) is 10.8 Å². The molecule has 0 saturated heterocycles. The Labute approximate surface area is 264 Å². The number of benzene rings is 5. The van der Waals surface area contributed by atoms with E-state index in [9.17, 15) is 5.11 Å². The zero-order chi connectivity index (χ0) is 31.1. The molecule has 0 aliphatic heterocycles. The van der Waals surface area contributed by atoms with Crippen LogP contribution in [0.25, 0.3) is 43.0 Å². The van der Waals surface area contributed by atoms with Gasteiger partial charge in [-0.05, 0) is 75.0 Å². The summed E-state index contributed by atoms with van der Waals surface area (Å²) in [5.41, 5.74) is 10.6. The monoisotopic (exact) mass is 594 g/mol. The van der Waals surface area contributed by atoms with Crippen LogP contribution in [0.4, 0.5) is 5.69 Å². The number of hydrogen-bond donors (Lipinski definition) is 1. The Morgan fingerprint density at radius 2 is 1.30 bits per heavy atom. The van der Waals surface area contributed by atoms with Gasteiger partial charge in [-0.1, -0.05) is 114 Å². The van der Waals surface area contributed by atoms with Gasteiger partial charge >= 0.3 is 0 Å². The van der Waals surface area contributed by atoms with Gasteiger partial charge in [0.15, 0.2) is 0 Å². The number of aromatic nitrogens is 1. The second kappa shape index (κ2) is 11.5. The van der Waals surface area contributed by atoms with Crippen LogP contribution in [-0.4, -0.2) is 16.3 Å². The van der Waals surface area contributed by atoms with E-state index in [1.807, 2.05) is 36.4 Å². The van der Waals surface area contributed by atoms with Crippen LogP contribution in [0.2, 0.25) is 0 Å². The van der Waals surface area contributed by atoms with E-state index >= 15 is 0 Å². The zero-order valence-electron chi connectivity index (χ0n) is 26.2. The quantitative estimate of drug-likeness (QED) is 0.202. The molecule has 5 aromatic carbocycles. The lowest BCUT2D eigenvalue weighted by molar-refractivity contribution is 0.473. The van der Waals surface area contributed by atoms with Crippen molar-refractivity contribution in [2.45, 2.75) is 52.4 Å². The number of fused-ring (bicyclic) bond motifs is 1. The molecule has 0 amide bonds. The summed E-state index contributed by atoms with van der Waals surface area (Å²) in [6.45, 7) is 13.2. The van der Waals surface area contributed by atoms with Gasteiger partial charge in [0.1, 0.15) is 10.8 Å². The summed E-state index contributed by atoms with van der Waals surface area (Å²) in [6.07, 6.45) is 1.76. The van der Waals surface area contributed by atoms with Crippen LogP contribution < -0.4 is 0 Å². The Kier molecular flexibility index (Phi) is 7.73. The van der Waals surface area contributed by atoms with Crippen molar-refractivity contribution in [1.82, 2.24) is 4.98 Å². The first-order valence-electron chi connectivity index (χ1n) is 15.1. The Balaban J connectivity index is 1.45. The number of thiazole rings is 1. The van der Waals surface area contributed by atoms with Gasteiger partial charge in [0.2, 0.25) is 0 Å². The maximum absolute atomic E-state index is 10.6. The molecule has 6 aromatic rings. The van der Waals surface area contributed by atoms with E-state index < -0.39 is 0 Å². The Morgan fingerprint density at radius 3 is 2.00 bits per heavy atom. The second-order valence-electron chi connectivity index (χ2n) is 13.4. The summed E-state index contributed by atoms with van der Waals surface area (Å²) in [4.78, 5) is 10.1. The van der Waals surface area contributed by atoms with Crippen molar-refractivity contribution >= 4 is 33.5 Å². The molecule has 0 saturated carbocycles. The second-order valence-corrected chi connectivity index (χ2v) is 14.4. The van der Waals surface area contributed by atoms with Crippen LogP contribution in [0.1, 0.15) is 58.2 Å². The molecular formula is C40H38N2OS. The normalized spacial score (nSPS) is 12.3. The Bertz CT molecular complexity index is 1970. The minimum absolute atomic E-state index is 0.0286. The lowest BCUT2D eigenvalue weighted by Gasteiger charge is -2.19. The maximum Gasteiger partial charge on any atom is 0.126 e. The average molecular weight is 595 g/mol. The summed E-state index contributed by atoms with van der Waals surface area (Å²) >= 11 is 1.69. The number of rotatable bonds is 5. The molecule has 0 fully saturated rings. The van der Waals surface area contributed by atoms with Gasteiger partial charge in [-0.3, -0.25) is 4.99 Å². The topological polar surface area (TPSA) is 45.5 Å². The summed E-state index contributed by atoms with van der Waals surface area (Å²) < 4.78 is 1.13. The summed E-state index contributed by atoms with van der Waals surface area (Å²) in [5, 5.41) is 11.5. The molecule has 0 bridgehead atoms. The van der Waals surface area contributed by atoms with Crippen LogP contribution in [0.15, 0.2) is 114 Å². The van der Waals surface area contributed by atoms with E-state index in [1.165, 1.54) is 16.7 Å². The first-order valence-corrected chi connectivity index (χ1v) is 15.9. The van der Waals surface area contributed by atoms with E-state index in [2.05, 4.69) is 108 Å². The van der Waals surface area contributed by atoms with Crippen molar-refractivity contribution in [3.63, 3.8) is 0 Å². The molecule has 44 heavy (non-hydrogen) atoms. The molecule has 0 radical (unpaired) electrons. The molecule has 1 aromatic heterocycles. The summed E-state index contributed by atoms with van der Waals surface area (Å²) in [7, 11) is 0. The van der Waals surface area contributed by atoms with Gasteiger partial charge in [0.25, 0.3) is 0 Å². The number of phenols is 1. The fourth-order valence-corrected chi connectivity index (χ4v) is 6.41. The number of phenolic OH excluding ortho intramolecular Hbond substituents is 1. The van der Waals surface area contributed by atoms with Crippen molar-refractivity contribution < 1.29 is 5.11 Å². The summed E-state index contributed by atoms with van der Waals surface area (Å²) in [6, 6.07) is 37.8. The molecule has 3 nitrogen and oxygen atoms in total. The zero-order valence-corrected chi connectivity index (χ0v) is 27.0. The number of aliphatic imine (C=N–C) groups is 1. The first kappa shape index (κ1) is 29.5. The van der Waals surface area contributed by atoms with Crippen molar-refractivity contribution in [1.29, 1.82) is 0 Å². The third-order valence-electron chi connectivity index (χ3n) is 8.03. The largest absolute Gasteiger partial charge is 0.507 e. The SMILES string of the molecule is CC(C)(C)c1ccc(-c2cc(-c3ccccc3)c3nc(-c4ccccc4N=Cc4cc(C(C)(C)C)ccc4O)sc3c2)cc1. The average Bonchev–Trinajstić information content (AvgIpc) is 3.44. The fraction of sp³-hybridized carbons (Fsp3) is 0.200. The Hall–Kier alpha value is -4.54. The number of para-hydroxylation sites is 1.